The summed E-state index contributed by atoms with van der Waals surface area (Å²) < 4.78 is 20.0. The highest BCUT2D eigenvalue weighted by atomic mass is 16.7. The maximum absolute atomic E-state index is 11.1. The summed E-state index contributed by atoms with van der Waals surface area (Å²) in [6, 6.07) is 0. The molecule has 0 spiro atoms. The molecule has 1 aliphatic heterocycles. The number of carbonyl (C=O) groups excluding carboxylic acids is 3. The second-order valence-corrected chi connectivity index (χ2v) is 4.39. The second kappa shape index (κ2) is 7.20. The zero-order chi connectivity index (χ0) is 15.3. The molecule has 0 saturated carbocycles. The molecule has 1 heterocycles. The fraction of sp³-hybridized carbons (Fsp3) is 0.750. The van der Waals surface area contributed by atoms with Gasteiger partial charge in [0.1, 0.15) is 18.8 Å². The Morgan fingerprint density at radius 2 is 1.85 bits per heavy atom. The van der Waals surface area contributed by atoms with E-state index >= 15 is 0 Å². The molecule has 0 radical (unpaired) electrons. The number of aliphatic hydroxyl groups is 1. The summed E-state index contributed by atoms with van der Waals surface area (Å²) in [5.74, 6) is -1.70. The average Bonchev–Trinajstić information content (AvgIpc) is 2.63. The van der Waals surface area contributed by atoms with Crippen molar-refractivity contribution >= 4 is 17.9 Å². The van der Waals surface area contributed by atoms with E-state index in [1.807, 2.05) is 0 Å². The van der Waals surface area contributed by atoms with Crippen molar-refractivity contribution in [3.63, 3.8) is 0 Å². The summed E-state index contributed by atoms with van der Waals surface area (Å²) >= 11 is 0. The highest BCUT2D eigenvalue weighted by Crippen LogP contribution is 2.26. The lowest BCUT2D eigenvalue weighted by molar-refractivity contribution is -0.182. The zero-order valence-corrected chi connectivity index (χ0v) is 11.5. The van der Waals surface area contributed by atoms with Gasteiger partial charge in [-0.2, -0.15) is 0 Å². The molecule has 1 aliphatic rings. The molecule has 1 fully saturated rings. The molecule has 8 nitrogen and oxygen atoms in total. The Morgan fingerprint density at radius 3 is 2.35 bits per heavy atom. The van der Waals surface area contributed by atoms with Crippen LogP contribution in [0.5, 0.6) is 0 Å². The molecular weight excluding hydrogens is 272 g/mol. The van der Waals surface area contributed by atoms with Crippen molar-refractivity contribution in [3.8, 4) is 0 Å². The first kappa shape index (κ1) is 16.4. The molecule has 0 aromatic rings. The van der Waals surface area contributed by atoms with Crippen LogP contribution in [0.4, 0.5) is 0 Å². The average molecular weight is 290 g/mol. The predicted molar refractivity (Wildman–Crippen MR) is 63.2 cm³/mol. The van der Waals surface area contributed by atoms with Gasteiger partial charge in [-0.15, -0.1) is 0 Å². The number of hydrogen-bond acceptors (Lipinski definition) is 8. The van der Waals surface area contributed by atoms with Crippen molar-refractivity contribution in [3.05, 3.63) is 0 Å². The molecule has 0 bridgehead atoms. The van der Waals surface area contributed by atoms with Crippen LogP contribution in [0.1, 0.15) is 27.2 Å². The van der Waals surface area contributed by atoms with Gasteiger partial charge in [0.2, 0.25) is 0 Å². The monoisotopic (exact) mass is 290 g/mol. The number of aliphatic hydroxyl groups excluding tert-OH is 1. The third-order valence-corrected chi connectivity index (χ3v) is 2.57. The van der Waals surface area contributed by atoms with E-state index in [1.54, 1.807) is 0 Å². The quantitative estimate of drug-likeness (QED) is 0.534. The van der Waals surface area contributed by atoms with Crippen molar-refractivity contribution in [2.45, 2.75) is 51.8 Å². The van der Waals surface area contributed by atoms with Gasteiger partial charge in [0, 0.05) is 27.2 Å². The van der Waals surface area contributed by atoms with Gasteiger partial charge in [0.15, 0.2) is 12.4 Å². The molecule has 0 aliphatic carbocycles. The number of carbonyl (C=O) groups is 3. The molecule has 0 aromatic heterocycles. The molecule has 0 amide bonds. The van der Waals surface area contributed by atoms with Crippen molar-refractivity contribution in [1.29, 1.82) is 0 Å². The van der Waals surface area contributed by atoms with Gasteiger partial charge in [-0.05, 0) is 0 Å². The molecule has 8 heteroatoms. The highest BCUT2D eigenvalue weighted by Gasteiger charge is 2.43. The van der Waals surface area contributed by atoms with Gasteiger partial charge < -0.3 is 24.1 Å². The van der Waals surface area contributed by atoms with Gasteiger partial charge in [-0.25, -0.2) is 0 Å². The molecule has 1 saturated heterocycles. The Balaban J connectivity index is 2.76. The van der Waals surface area contributed by atoms with E-state index in [9.17, 15) is 19.5 Å². The molecule has 0 aromatic carbocycles. The highest BCUT2D eigenvalue weighted by molar-refractivity contribution is 5.67. The van der Waals surface area contributed by atoms with Crippen LogP contribution in [0, 0.1) is 0 Å². The first-order valence-corrected chi connectivity index (χ1v) is 6.11. The van der Waals surface area contributed by atoms with E-state index in [4.69, 9.17) is 18.9 Å². The lowest BCUT2D eigenvalue weighted by Crippen LogP contribution is -2.42. The Hall–Kier alpha value is -1.67. The second-order valence-electron chi connectivity index (χ2n) is 4.39. The topological polar surface area (TPSA) is 108 Å². The summed E-state index contributed by atoms with van der Waals surface area (Å²) in [5.41, 5.74) is 0. The van der Waals surface area contributed by atoms with E-state index in [0.29, 0.717) is 0 Å². The van der Waals surface area contributed by atoms with Crippen molar-refractivity contribution < 1.29 is 38.4 Å². The normalized spacial score (nSPS) is 26.7. The Bertz CT molecular complexity index is 380. The van der Waals surface area contributed by atoms with Crippen LogP contribution in [0.15, 0.2) is 0 Å². The summed E-state index contributed by atoms with van der Waals surface area (Å²) in [5, 5.41) is 9.48. The molecule has 1 N–H and O–H groups in total. The van der Waals surface area contributed by atoms with Gasteiger partial charge >= 0.3 is 17.9 Å². The van der Waals surface area contributed by atoms with Crippen molar-refractivity contribution in [1.82, 2.24) is 0 Å². The first-order chi connectivity index (χ1) is 9.29. The Labute approximate surface area is 115 Å². The molecule has 20 heavy (non-hydrogen) atoms. The Morgan fingerprint density at radius 1 is 1.20 bits per heavy atom. The third kappa shape index (κ3) is 5.14. The molecule has 4 atom stereocenters. The lowest BCUT2D eigenvalue weighted by Gasteiger charge is -2.26. The summed E-state index contributed by atoms with van der Waals surface area (Å²) in [4.78, 5) is 32.9. The SMILES string of the molecule is CC(=O)OC[C@@H](OC(C)=O)[C@H]1O[C@H](O)C[C@H]1OC(C)=O. The van der Waals surface area contributed by atoms with E-state index in [1.165, 1.54) is 20.8 Å². The lowest BCUT2D eigenvalue weighted by atomic mass is 10.1. The van der Waals surface area contributed by atoms with Crippen LogP contribution in [-0.4, -0.2) is 54.2 Å². The van der Waals surface area contributed by atoms with Crippen LogP contribution in [0.2, 0.25) is 0 Å². The number of rotatable bonds is 5. The summed E-state index contributed by atoms with van der Waals surface area (Å²) in [7, 11) is 0. The van der Waals surface area contributed by atoms with E-state index in [2.05, 4.69) is 0 Å². The minimum Gasteiger partial charge on any atom is -0.462 e. The standard InChI is InChI=1S/C12H18O8/c1-6(13)17-5-10(19-8(3)15)12-9(18-7(2)14)4-11(16)20-12/h9-12,16H,4-5H2,1-3H3/t9-,10-,11+,12+/m1/s1. The largest absolute Gasteiger partial charge is 0.462 e. The molecule has 1 rings (SSSR count). The van der Waals surface area contributed by atoms with Gasteiger partial charge in [-0.3, -0.25) is 14.4 Å². The maximum atomic E-state index is 11.1. The number of hydrogen-bond donors (Lipinski definition) is 1. The van der Waals surface area contributed by atoms with Gasteiger partial charge in [0.25, 0.3) is 0 Å². The van der Waals surface area contributed by atoms with Crippen LogP contribution in [-0.2, 0) is 33.3 Å². The zero-order valence-electron chi connectivity index (χ0n) is 11.5. The fourth-order valence-corrected chi connectivity index (χ4v) is 1.92. The minimum absolute atomic E-state index is 0.0576. The molecular formula is C12H18O8. The smallest absolute Gasteiger partial charge is 0.303 e. The third-order valence-electron chi connectivity index (χ3n) is 2.57. The van der Waals surface area contributed by atoms with Crippen LogP contribution in [0.3, 0.4) is 0 Å². The minimum atomic E-state index is -1.14. The predicted octanol–water partition coefficient (Wildman–Crippen LogP) is -0.480. The van der Waals surface area contributed by atoms with E-state index < -0.39 is 42.5 Å². The fourth-order valence-electron chi connectivity index (χ4n) is 1.92. The van der Waals surface area contributed by atoms with Crippen molar-refractivity contribution in [2.24, 2.45) is 0 Å². The summed E-state index contributed by atoms with van der Waals surface area (Å²) in [6.07, 6.45) is -3.71. The van der Waals surface area contributed by atoms with Crippen LogP contribution < -0.4 is 0 Å². The van der Waals surface area contributed by atoms with Crippen LogP contribution >= 0.6 is 0 Å². The number of esters is 3. The van der Waals surface area contributed by atoms with E-state index in [0.717, 1.165) is 0 Å². The van der Waals surface area contributed by atoms with Crippen LogP contribution in [0.25, 0.3) is 0 Å². The molecule has 0 unspecified atom stereocenters. The van der Waals surface area contributed by atoms with E-state index in [-0.39, 0.29) is 13.0 Å². The maximum Gasteiger partial charge on any atom is 0.303 e. The van der Waals surface area contributed by atoms with Gasteiger partial charge in [0.05, 0.1) is 0 Å². The van der Waals surface area contributed by atoms with Gasteiger partial charge in [-0.1, -0.05) is 0 Å². The first-order valence-electron chi connectivity index (χ1n) is 6.11. The Kier molecular flexibility index (Phi) is 5.90. The molecule has 114 valence electrons. The summed E-state index contributed by atoms with van der Waals surface area (Å²) in [6.45, 7) is 3.37. The number of ether oxygens (including phenoxy) is 4. The van der Waals surface area contributed by atoms with Crippen molar-refractivity contribution in [2.75, 3.05) is 6.61 Å².